The summed E-state index contributed by atoms with van der Waals surface area (Å²) in [4.78, 5) is 15.1. The van der Waals surface area contributed by atoms with E-state index in [1.165, 1.54) is 0 Å². The van der Waals surface area contributed by atoms with Crippen molar-refractivity contribution in [2.75, 3.05) is 6.61 Å². The molecule has 2 aromatic heterocycles. The summed E-state index contributed by atoms with van der Waals surface area (Å²) in [6, 6.07) is 11.1. The SMILES string of the molecule is CCCOc1ccccc1-c1ccc(-c2nnn[nH]2)c(=O)[nH]1. The Bertz CT molecular complexity index is 811. The van der Waals surface area contributed by atoms with E-state index in [4.69, 9.17) is 4.74 Å². The van der Waals surface area contributed by atoms with Gasteiger partial charge in [0.2, 0.25) is 0 Å². The van der Waals surface area contributed by atoms with Crippen LogP contribution in [0, 0.1) is 0 Å². The Morgan fingerprint density at radius 1 is 1.14 bits per heavy atom. The van der Waals surface area contributed by atoms with Gasteiger partial charge in [0.15, 0.2) is 5.82 Å². The fourth-order valence-corrected chi connectivity index (χ4v) is 2.12. The van der Waals surface area contributed by atoms with Crippen molar-refractivity contribution in [2.24, 2.45) is 0 Å². The van der Waals surface area contributed by atoms with Crippen molar-refractivity contribution in [2.45, 2.75) is 13.3 Å². The lowest BCUT2D eigenvalue weighted by Gasteiger charge is -2.10. The number of para-hydroxylation sites is 1. The third kappa shape index (κ3) is 2.73. The first-order chi connectivity index (χ1) is 10.8. The maximum Gasteiger partial charge on any atom is 0.259 e. The maximum atomic E-state index is 12.2. The highest BCUT2D eigenvalue weighted by molar-refractivity contribution is 5.68. The molecule has 0 atom stereocenters. The quantitative estimate of drug-likeness (QED) is 0.751. The number of aromatic amines is 2. The number of hydrogen-bond acceptors (Lipinski definition) is 5. The van der Waals surface area contributed by atoms with Gasteiger partial charge in [0.25, 0.3) is 5.56 Å². The van der Waals surface area contributed by atoms with Gasteiger partial charge in [-0.2, -0.15) is 0 Å². The van der Waals surface area contributed by atoms with Crippen LogP contribution in [0.5, 0.6) is 5.75 Å². The molecule has 0 bridgehead atoms. The molecular formula is C15H15N5O2. The van der Waals surface area contributed by atoms with Gasteiger partial charge in [0.1, 0.15) is 5.75 Å². The van der Waals surface area contributed by atoms with Gasteiger partial charge < -0.3 is 9.72 Å². The van der Waals surface area contributed by atoms with E-state index in [1.807, 2.05) is 37.3 Å². The molecule has 0 unspecified atom stereocenters. The van der Waals surface area contributed by atoms with Crippen molar-refractivity contribution in [1.82, 2.24) is 25.6 Å². The Hall–Kier alpha value is -2.96. The van der Waals surface area contributed by atoms with E-state index in [0.717, 1.165) is 17.7 Å². The number of hydrogen-bond donors (Lipinski definition) is 2. The molecule has 0 aliphatic rings. The van der Waals surface area contributed by atoms with E-state index >= 15 is 0 Å². The van der Waals surface area contributed by atoms with E-state index in [9.17, 15) is 4.79 Å². The van der Waals surface area contributed by atoms with Crippen LogP contribution in [-0.2, 0) is 0 Å². The van der Waals surface area contributed by atoms with Crippen LogP contribution in [0.2, 0.25) is 0 Å². The number of benzene rings is 1. The number of aromatic nitrogens is 5. The van der Waals surface area contributed by atoms with Crippen LogP contribution in [0.1, 0.15) is 13.3 Å². The summed E-state index contributed by atoms with van der Waals surface area (Å²) in [5.74, 6) is 1.08. The Kier molecular flexibility index (Phi) is 3.95. The van der Waals surface area contributed by atoms with E-state index in [2.05, 4.69) is 25.6 Å². The van der Waals surface area contributed by atoms with Crippen LogP contribution in [0.25, 0.3) is 22.6 Å². The highest BCUT2D eigenvalue weighted by Crippen LogP contribution is 2.28. The molecule has 0 radical (unpaired) electrons. The second kappa shape index (κ2) is 6.21. The second-order valence-corrected chi connectivity index (χ2v) is 4.71. The Labute approximate surface area is 126 Å². The molecule has 22 heavy (non-hydrogen) atoms. The molecule has 3 aromatic rings. The number of tetrazole rings is 1. The number of H-pyrrole nitrogens is 2. The van der Waals surface area contributed by atoms with Crippen LogP contribution in [0.3, 0.4) is 0 Å². The number of ether oxygens (including phenoxy) is 1. The minimum absolute atomic E-state index is 0.263. The Morgan fingerprint density at radius 3 is 2.73 bits per heavy atom. The maximum absolute atomic E-state index is 12.2. The Morgan fingerprint density at radius 2 is 2.00 bits per heavy atom. The highest BCUT2D eigenvalue weighted by Gasteiger charge is 2.11. The van der Waals surface area contributed by atoms with E-state index < -0.39 is 0 Å². The first-order valence-corrected chi connectivity index (χ1v) is 6.99. The van der Waals surface area contributed by atoms with Crippen molar-refractivity contribution in [3.8, 4) is 28.4 Å². The molecule has 0 saturated carbocycles. The van der Waals surface area contributed by atoms with Crippen LogP contribution in [-0.4, -0.2) is 32.2 Å². The summed E-state index contributed by atoms with van der Waals surface area (Å²) >= 11 is 0. The van der Waals surface area contributed by atoms with Gasteiger partial charge in [-0.15, -0.1) is 5.10 Å². The lowest BCUT2D eigenvalue weighted by atomic mass is 10.1. The molecule has 0 aliphatic heterocycles. The molecule has 0 fully saturated rings. The van der Waals surface area contributed by atoms with Crippen LogP contribution in [0.4, 0.5) is 0 Å². The van der Waals surface area contributed by atoms with Crippen LogP contribution < -0.4 is 10.3 Å². The first-order valence-electron chi connectivity index (χ1n) is 6.99. The smallest absolute Gasteiger partial charge is 0.259 e. The standard InChI is InChI=1S/C15H15N5O2/c1-2-9-22-13-6-4-3-5-10(13)12-8-7-11(15(21)16-12)14-17-19-20-18-14/h3-8H,2,9H2,1H3,(H,16,21)(H,17,18,19,20). The molecule has 2 heterocycles. The Balaban J connectivity index is 2.00. The topological polar surface area (TPSA) is 96.6 Å². The van der Waals surface area contributed by atoms with E-state index in [1.54, 1.807) is 6.07 Å². The minimum atomic E-state index is -0.263. The molecule has 112 valence electrons. The summed E-state index contributed by atoms with van der Waals surface area (Å²) in [6.45, 7) is 2.67. The molecule has 0 aliphatic carbocycles. The molecule has 1 aromatic carbocycles. The summed E-state index contributed by atoms with van der Waals surface area (Å²) in [5, 5.41) is 13.3. The lowest BCUT2D eigenvalue weighted by molar-refractivity contribution is 0.318. The van der Waals surface area contributed by atoms with E-state index in [0.29, 0.717) is 23.7 Å². The predicted octanol–water partition coefficient (Wildman–Crippen LogP) is 2.01. The zero-order valence-corrected chi connectivity index (χ0v) is 12.0. The van der Waals surface area contributed by atoms with Crippen molar-refractivity contribution >= 4 is 0 Å². The minimum Gasteiger partial charge on any atom is -0.493 e. The molecule has 3 rings (SSSR count). The number of rotatable bonds is 5. The van der Waals surface area contributed by atoms with Gasteiger partial charge in [-0.25, -0.2) is 5.10 Å². The zero-order chi connectivity index (χ0) is 15.4. The van der Waals surface area contributed by atoms with Gasteiger partial charge >= 0.3 is 0 Å². The summed E-state index contributed by atoms with van der Waals surface area (Å²) in [5.41, 5.74) is 1.66. The molecule has 7 nitrogen and oxygen atoms in total. The first kappa shape index (κ1) is 14.0. The van der Waals surface area contributed by atoms with Crippen molar-refractivity contribution in [3.05, 3.63) is 46.8 Å². The molecule has 0 spiro atoms. The van der Waals surface area contributed by atoms with Gasteiger partial charge in [0, 0.05) is 5.56 Å². The van der Waals surface area contributed by atoms with Crippen molar-refractivity contribution < 1.29 is 4.74 Å². The van der Waals surface area contributed by atoms with E-state index in [-0.39, 0.29) is 5.56 Å². The molecular weight excluding hydrogens is 282 g/mol. The normalized spacial score (nSPS) is 10.6. The predicted molar refractivity (Wildman–Crippen MR) is 81.5 cm³/mol. The van der Waals surface area contributed by atoms with Gasteiger partial charge in [0.05, 0.1) is 17.9 Å². The number of nitrogens with one attached hydrogen (secondary N) is 2. The number of nitrogens with zero attached hydrogens (tertiary/aromatic N) is 3. The summed E-state index contributed by atoms with van der Waals surface area (Å²) in [6.07, 6.45) is 0.919. The van der Waals surface area contributed by atoms with Crippen molar-refractivity contribution in [1.29, 1.82) is 0 Å². The van der Waals surface area contributed by atoms with Crippen molar-refractivity contribution in [3.63, 3.8) is 0 Å². The second-order valence-electron chi connectivity index (χ2n) is 4.71. The fourth-order valence-electron chi connectivity index (χ4n) is 2.12. The van der Waals surface area contributed by atoms with Crippen LogP contribution in [0.15, 0.2) is 41.2 Å². The molecule has 0 amide bonds. The summed E-state index contributed by atoms with van der Waals surface area (Å²) in [7, 11) is 0. The van der Waals surface area contributed by atoms with Gasteiger partial charge in [-0.1, -0.05) is 19.1 Å². The van der Waals surface area contributed by atoms with Gasteiger partial charge in [-0.3, -0.25) is 4.79 Å². The molecule has 2 N–H and O–H groups in total. The third-order valence-electron chi connectivity index (χ3n) is 3.15. The number of pyridine rings is 1. The summed E-state index contributed by atoms with van der Waals surface area (Å²) < 4.78 is 5.72. The van der Waals surface area contributed by atoms with Crippen LogP contribution >= 0.6 is 0 Å². The average molecular weight is 297 g/mol. The highest BCUT2D eigenvalue weighted by atomic mass is 16.5. The lowest BCUT2D eigenvalue weighted by Crippen LogP contribution is -2.10. The molecule has 7 heteroatoms. The molecule has 0 saturated heterocycles. The third-order valence-corrected chi connectivity index (χ3v) is 3.15. The monoisotopic (exact) mass is 297 g/mol. The fraction of sp³-hybridized carbons (Fsp3) is 0.200. The zero-order valence-electron chi connectivity index (χ0n) is 12.0. The largest absolute Gasteiger partial charge is 0.493 e. The average Bonchev–Trinajstić information content (AvgIpc) is 3.07. The van der Waals surface area contributed by atoms with Gasteiger partial charge in [-0.05, 0) is 41.1 Å².